The highest BCUT2D eigenvalue weighted by Crippen LogP contribution is 2.39. The van der Waals surface area contributed by atoms with E-state index in [0.717, 1.165) is 55.2 Å². The number of para-hydroxylation sites is 2. The standard InChI is InChI=1S/C40H66O2/c1-6-9-10-11-15-18-25-34(38-31-22-30-37(40(38)42)33(5)24-8-3)26-19-16-13-12-14-17-20-27-35-28-21-29-36(39(35)41)32(4)23-7-2/h21-22,28-34,41-42H,6-20,23-27H2,1-5H3. The fraction of sp³-hybridized carbons (Fsp3) is 0.700. The Hall–Kier alpha value is -1.96. The van der Waals surface area contributed by atoms with Gasteiger partial charge in [0.15, 0.2) is 0 Å². The molecule has 2 aromatic rings. The molecule has 2 aromatic carbocycles. The lowest BCUT2D eigenvalue weighted by Crippen LogP contribution is -2.03. The van der Waals surface area contributed by atoms with Crippen molar-refractivity contribution in [2.24, 2.45) is 0 Å². The van der Waals surface area contributed by atoms with E-state index in [0.29, 0.717) is 29.3 Å². The van der Waals surface area contributed by atoms with Crippen LogP contribution in [-0.2, 0) is 6.42 Å². The fourth-order valence-electron chi connectivity index (χ4n) is 6.91. The highest BCUT2D eigenvalue weighted by molar-refractivity contribution is 5.44. The molecule has 2 nitrogen and oxygen atoms in total. The highest BCUT2D eigenvalue weighted by atomic mass is 16.3. The van der Waals surface area contributed by atoms with Crippen molar-refractivity contribution in [3.63, 3.8) is 0 Å². The lowest BCUT2D eigenvalue weighted by Gasteiger charge is -2.22. The Balaban J connectivity index is 1.78. The fourth-order valence-corrected chi connectivity index (χ4v) is 6.91. The number of benzene rings is 2. The Labute approximate surface area is 260 Å². The lowest BCUT2D eigenvalue weighted by molar-refractivity contribution is 0.428. The van der Waals surface area contributed by atoms with Crippen molar-refractivity contribution >= 4 is 0 Å². The van der Waals surface area contributed by atoms with Crippen molar-refractivity contribution in [1.29, 1.82) is 0 Å². The minimum Gasteiger partial charge on any atom is -0.507 e. The number of unbranched alkanes of at least 4 members (excludes halogenated alkanes) is 11. The third kappa shape index (κ3) is 12.7. The first-order valence-electron chi connectivity index (χ1n) is 18.1. The van der Waals surface area contributed by atoms with E-state index in [9.17, 15) is 10.2 Å². The summed E-state index contributed by atoms with van der Waals surface area (Å²) < 4.78 is 0. The van der Waals surface area contributed by atoms with Crippen LogP contribution in [0.1, 0.15) is 197 Å². The Morgan fingerprint density at radius 2 is 0.929 bits per heavy atom. The van der Waals surface area contributed by atoms with Crippen LogP contribution in [0.25, 0.3) is 0 Å². The first-order chi connectivity index (χ1) is 20.4. The molecule has 3 atom stereocenters. The molecule has 0 aliphatic rings. The van der Waals surface area contributed by atoms with Crippen LogP contribution in [0.15, 0.2) is 36.4 Å². The van der Waals surface area contributed by atoms with Gasteiger partial charge in [-0.15, -0.1) is 0 Å². The van der Waals surface area contributed by atoms with Crippen LogP contribution in [0, 0.1) is 0 Å². The molecule has 0 aliphatic carbocycles. The van der Waals surface area contributed by atoms with Crippen molar-refractivity contribution in [2.45, 2.75) is 181 Å². The Kier molecular flexibility index (Phi) is 18.7. The van der Waals surface area contributed by atoms with Crippen LogP contribution in [0.4, 0.5) is 0 Å². The van der Waals surface area contributed by atoms with Crippen molar-refractivity contribution < 1.29 is 10.2 Å². The van der Waals surface area contributed by atoms with Crippen LogP contribution in [0.3, 0.4) is 0 Å². The number of hydrogen-bond acceptors (Lipinski definition) is 2. The maximum absolute atomic E-state index is 11.3. The van der Waals surface area contributed by atoms with Crippen molar-refractivity contribution in [2.75, 3.05) is 0 Å². The molecule has 0 fully saturated rings. The number of phenols is 2. The first-order valence-corrected chi connectivity index (χ1v) is 18.1. The van der Waals surface area contributed by atoms with Gasteiger partial charge >= 0.3 is 0 Å². The van der Waals surface area contributed by atoms with Crippen molar-refractivity contribution in [3.8, 4) is 11.5 Å². The third-order valence-electron chi connectivity index (χ3n) is 9.60. The summed E-state index contributed by atoms with van der Waals surface area (Å²) in [6.45, 7) is 11.2. The first kappa shape index (κ1) is 36.2. The average molecular weight is 579 g/mol. The average Bonchev–Trinajstić information content (AvgIpc) is 2.98. The van der Waals surface area contributed by atoms with Gasteiger partial charge in [-0.05, 0) is 78.5 Å². The monoisotopic (exact) mass is 579 g/mol. The summed E-state index contributed by atoms with van der Waals surface area (Å²) in [5.74, 6) is 2.46. The molecule has 0 saturated heterocycles. The molecule has 3 unspecified atom stereocenters. The summed E-state index contributed by atoms with van der Waals surface area (Å²) in [5.41, 5.74) is 4.61. The maximum Gasteiger partial charge on any atom is 0.122 e. The molecule has 0 heterocycles. The predicted molar refractivity (Wildman–Crippen MR) is 184 cm³/mol. The van der Waals surface area contributed by atoms with Gasteiger partial charge in [0.1, 0.15) is 11.5 Å². The molecule has 0 bridgehead atoms. The van der Waals surface area contributed by atoms with Crippen LogP contribution in [0.5, 0.6) is 11.5 Å². The minimum absolute atomic E-state index is 0.419. The molecule has 2 N–H and O–H groups in total. The molecule has 0 aliphatic heterocycles. The molecule has 2 rings (SSSR count). The van der Waals surface area contributed by atoms with E-state index in [1.807, 2.05) is 0 Å². The molecule has 238 valence electrons. The molecule has 0 amide bonds. The minimum atomic E-state index is 0.419. The normalized spacial score (nSPS) is 13.7. The smallest absolute Gasteiger partial charge is 0.122 e. The van der Waals surface area contributed by atoms with Gasteiger partial charge in [-0.25, -0.2) is 0 Å². The predicted octanol–water partition coefficient (Wildman–Crippen LogP) is 13.1. The SMILES string of the molecule is CCCCCCCCC(CCCCCCCCCc1cccc(C(C)CCC)c1O)c1cccc(C(C)CCC)c1O. The van der Waals surface area contributed by atoms with Gasteiger partial charge in [0.05, 0.1) is 0 Å². The second-order valence-electron chi connectivity index (χ2n) is 13.3. The molecular weight excluding hydrogens is 512 g/mol. The van der Waals surface area contributed by atoms with Gasteiger partial charge in [0.2, 0.25) is 0 Å². The molecule has 0 aromatic heterocycles. The van der Waals surface area contributed by atoms with Gasteiger partial charge in [-0.3, -0.25) is 0 Å². The Morgan fingerprint density at radius 3 is 1.48 bits per heavy atom. The van der Waals surface area contributed by atoms with Crippen molar-refractivity contribution in [3.05, 3.63) is 58.7 Å². The van der Waals surface area contributed by atoms with Gasteiger partial charge in [-0.2, -0.15) is 0 Å². The highest BCUT2D eigenvalue weighted by Gasteiger charge is 2.19. The van der Waals surface area contributed by atoms with Crippen LogP contribution in [0.2, 0.25) is 0 Å². The topological polar surface area (TPSA) is 40.5 Å². The summed E-state index contributed by atoms with van der Waals surface area (Å²) >= 11 is 0. The van der Waals surface area contributed by atoms with Crippen LogP contribution >= 0.6 is 0 Å². The third-order valence-corrected chi connectivity index (χ3v) is 9.60. The molecule has 0 spiro atoms. The quantitative estimate of drug-likeness (QED) is 0.122. The summed E-state index contributed by atoms with van der Waals surface area (Å²) in [7, 11) is 0. The van der Waals surface area contributed by atoms with E-state index in [4.69, 9.17) is 0 Å². The zero-order chi connectivity index (χ0) is 30.6. The van der Waals surface area contributed by atoms with E-state index < -0.39 is 0 Å². The molecule has 2 heteroatoms. The largest absolute Gasteiger partial charge is 0.507 e. The van der Waals surface area contributed by atoms with E-state index in [1.165, 1.54) is 95.5 Å². The Bertz CT molecular complexity index is 964. The van der Waals surface area contributed by atoms with E-state index in [1.54, 1.807) is 0 Å². The summed E-state index contributed by atoms with van der Waals surface area (Å²) in [4.78, 5) is 0. The van der Waals surface area contributed by atoms with E-state index in [-0.39, 0.29) is 0 Å². The molecule has 42 heavy (non-hydrogen) atoms. The number of aryl methyl sites for hydroxylation is 1. The van der Waals surface area contributed by atoms with Crippen molar-refractivity contribution in [1.82, 2.24) is 0 Å². The second-order valence-corrected chi connectivity index (χ2v) is 13.3. The number of aromatic hydroxyl groups is 2. The summed E-state index contributed by atoms with van der Waals surface area (Å²) in [6, 6.07) is 12.9. The zero-order valence-electron chi connectivity index (χ0n) is 28.2. The summed E-state index contributed by atoms with van der Waals surface area (Å²) in [6.07, 6.45) is 24.8. The van der Waals surface area contributed by atoms with Crippen LogP contribution in [-0.4, -0.2) is 10.2 Å². The number of hydrogen-bond donors (Lipinski definition) is 2. The van der Waals surface area contributed by atoms with Gasteiger partial charge in [0.25, 0.3) is 0 Å². The van der Waals surface area contributed by atoms with Gasteiger partial charge in [0, 0.05) is 0 Å². The van der Waals surface area contributed by atoms with E-state index in [2.05, 4.69) is 71.0 Å². The second kappa shape index (κ2) is 21.7. The van der Waals surface area contributed by atoms with Crippen LogP contribution < -0.4 is 0 Å². The van der Waals surface area contributed by atoms with E-state index >= 15 is 0 Å². The molecule has 0 radical (unpaired) electrons. The van der Waals surface area contributed by atoms with Gasteiger partial charge < -0.3 is 10.2 Å². The summed E-state index contributed by atoms with van der Waals surface area (Å²) in [5, 5.41) is 22.1. The number of phenolic OH excluding ortho intramolecular Hbond substituents is 2. The molecular formula is C40H66O2. The zero-order valence-corrected chi connectivity index (χ0v) is 28.2. The van der Waals surface area contributed by atoms with Gasteiger partial charge in [-0.1, -0.05) is 161 Å². The number of rotatable bonds is 24. The molecule has 0 saturated carbocycles. The maximum atomic E-state index is 11.3. The lowest BCUT2D eigenvalue weighted by atomic mass is 9.84. The Morgan fingerprint density at radius 1 is 0.476 bits per heavy atom.